The van der Waals surface area contributed by atoms with E-state index in [4.69, 9.17) is 35.7 Å². The summed E-state index contributed by atoms with van der Waals surface area (Å²) in [5.41, 5.74) is 5.85. The van der Waals surface area contributed by atoms with Gasteiger partial charge in [-0.05, 0) is 50.1 Å². The highest BCUT2D eigenvalue weighted by molar-refractivity contribution is 7.52. The third kappa shape index (κ3) is 7.52. The van der Waals surface area contributed by atoms with Crippen LogP contribution in [-0.2, 0) is 23.4 Å². The molecule has 0 spiro atoms. The fourth-order valence-corrected chi connectivity index (χ4v) is 5.45. The van der Waals surface area contributed by atoms with Crippen LogP contribution in [0.1, 0.15) is 39.8 Å². The number of carbonyl (C=O) groups is 1. The molecular weight excluding hydrogens is 571 g/mol. The molecule has 1 saturated heterocycles. The summed E-state index contributed by atoms with van der Waals surface area (Å²) in [5, 5.41) is 17.6. The molecule has 1 aliphatic rings. The van der Waals surface area contributed by atoms with Crippen LogP contribution >= 0.6 is 19.3 Å². The standard InChI is InChI=1S/C23H30ClN6O9P/c1-4-5-12-36-20(33)14(2)27-40(35,39-16-8-6-15(24)7-9-16)37-13-17-19(32)23(3,28-29-25)21(38-17)30-11-10-18(31)26-22(30)34/h6-11,14,17,19,21,32H,4-5,12-13H2,1-3H3,(H,27,35)(H,26,31,34)/t14-,17+,19+,21+,23+,40?/m0/s1. The first-order valence-electron chi connectivity index (χ1n) is 12.3. The van der Waals surface area contributed by atoms with Gasteiger partial charge in [0.2, 0.25) is 0 Å². The van der Waals surface area contributed by atoms with E-state index in [0.717, 1.165) is 23.3 Å². The highest BCUT2D eigenvalue weighted by atomic mass is 35.5. The molecule has 2 aromatic rings. The summed E-state index contributed by atoms with van der Waals surface area (Å²) in [7, 11) is -4.35. The zero-order valence-electron chi connectivity index (χ0n) is 21.9. The number of aromatic nitrogens is 2. The van der Waals surface area contributed by atoms with Crippen molar-refractivity contribution in [3.8, 4) is 5.75 Å². The van der Waals surface area contributed by atoms with Crippen molar-refractivity contribution < 1.29 is 33.0 Å². The second-order valence-electron chi connectivity index (χ2n) is 9.11. The molecule has 1 aromatic carbocycles. The Bertz CT molecular complexity index is 1400. The highest BCUT2D eigenvalue weighted by Crippen LogP contribution is 2.47. The van der Waals surface area contributed by atoms with Crippen LogP contribution in [0.3, 0.4) is 0 Å². The SMILES string of the molecule is CCCCOC(=O)[C@H](C)NP(=O)(OC[C@H]1O[C@@H](n2ccc(=O)[nH]c2=O)[C@](C)(N=[N+]=[N-])[C@@H]1O)Oc1ccc(Cl)cc1. The maximum atomic E-state index is 13.8. The van der Waals surface area contributed by atoms with Crippen molar-refractivity contribution in [2.45, 2.75) is 63.6 Å². The molecule has 6 atom stereocenters. The van der Waals surface area contributed by atoms with Gasteiger partial charge in [0.1, 0.15) is 23.4 Å². The van der Waals surface area contributed by atoms with E-state index in [1.54, 1.807) is 0 Å². The van der Waals surface area contributed by atoms with Gasteiger partial charge in [0, 0.05) is 22.2 Å². The number of azide groups is 1. The van der Waals surface area contributed by atoms with Gasteiger partial charge < -0.3 is 19.1 Å². The Kier molecular flexibility index (Phi) is 10.6. The van der Waals surface area contributed by atoms with Crippen molar-refractivity contribution in [1.82, 2.24) is 14.6 Å². The molecule has 0 radical (unpaired) electrons. The van der Waals surface area contributed by atoms with E-state index in [2.05, 4.69) is 20.1 Å². The normalized spacial score (nSPS) is 24.5. The van der Waals surface area contributed by atoms with Gasteiger partial charge in [-0.15, -0.1) is 0 Å². The highest BCUT2D eigenvalue weighted by Gasteiger charge is 2.55. The average molecular weight is 601 g/mol. The van der Waals surface area contributed by atoms with Gasteiger partial charge in [0.05, 0.1) is 19.3 Å². The number of hydrogen-bond acceptors (Lipinski definition) is 10. The molecule has 0 saturated carbocycles. The first kappa shape index (κ1) is 31.4. The lowest BCUT2D eigenvalue weighted by Crippen LogP contribution is -2.45. The van der Waals surface area contributed by atoms with Crippen LogP contribution in [0.4, 0.5) is 0 Å². The Labute approximate surface area is 233 Å². The minimum absolute atomic E-state index is 0.0938. The number of esters is 1. The van der Waals surface area contributed by atoms with Crippen LogP contribution in [0.25, 0.3) is 10.4 Å². The van der Waals surface area contributed by atoms with Crippen molar-refractivity contribution in [1.29, 1.82) is 0 Å². The number of nitrogens with zero attached hydrogens (tertiary/aromatic N) is 4. The lowest BCUT2D eigenvalue weighted by Gasteiger charge is -2.28. The molecule has 15 nitrogen and oxygen atoms in total. The molecule has 2 heterocycles. The van der Waals surface area contributed by atoms with Crippen molar-refractivity contribution in [3.05, 3.63) is 72.8 Å². The van der Waals surface area contributed by atoms with E-state index >= 15 is 0 Å². The predicted octanol–water partition coefficient (Wildman–Crippen LogP) is 3.04. The quantitative estimate of drug-likeness (QED) is 0.0764. The van der Waals surface area contributed by atoms with Crippen LogP contribution in [0.5, 0.6) is 5.75 Å². The minimum Gasteiger partial charge on any atom is -0.465 e. The number of hydrogen-bond donors (Lipinski definition) is 3. The summed E-state index contributed by atoms with van der Waals surface area (Å²) in [4.78, 5) is 41.2. The van der Waals surface area contributed by atoms with E-state index < -0.39 is 61.6 Å². The number of aromatic amines is 1. The van der Waals surface area contributed by atoms with E-state index in [1.165, 1.54) is 38.1 Å². The maximum Gasteiger partial charge on any atom is 0.459 e. The summed E-state index contributed by atoms with van der Waals surface area (Å²) in [6, 6.07) is 5.78. The first-order chi connectivity index (χ1) is 18.9. The van der Waals surface area contributed by atoms with Crippen molar-refractivity contribution in [2.75, 3.05) is 13.2 Å². The monoisotopic (exact) mass is 600 g/mol. The number of aliphatic hydroxyl groups excluding tert-OH is 1. The number of rotatable bonds is 13. The molecule has 3 N–H and O–H groups in total. The number of unbranched alkanes of at least 4 members (excludes halogenated alkanes) is 1. The minimum atomic E-state index is -4.35. The van der Waals surface area contributed by atoms with Crippen LogP contribution < -0.4 is 20.9 Å². The summed E-state index contributed by atoms with van der Waals surface area (Å²) in [5.74, 6) is -0.598. The molecule has 0 aliphatic carbocycles. The van der Waals surface area contributed by atoms with Crippen LogP contribution in [0, 0.1) is 0 Å². The fraction of sp³-hybridized carbons (Fsp3) is 0.522. The van der Waals surface area contributed by atoms with Gasteiger partial charge in [-0.3, -0.25) is 23.7 Å². The maximum absolute atomic E-state index is 13.8. The van der Waals surface area contributed by atoms with E-state index in [0.29, 0.717) is 11.4 Å². The molecule has 0 amide bonds. The number of carbonyl (C=O) groups excluding carboxylic acids is 1. The summed E-state index contributed by atoms with van der Waals surface area (Å²) < 4.78 is 36.9. The van der Waals surface area contributed by atoms with Gasteiger partial charge >= 0.3 is 19.4 Å². The second kappa shape index (κ2) is 13.5. The van der Waals surface area contributed by atoms with E-state index in [1.807, 2.05) is 6.92 Å². The topological polar surface area (TPSA) is 207 Å². The number of H-pyrrole nitrogens is 1. The van der Waals surface area contributed by atoms with Crippen LogP contribution in [-0.4, -0.2) is 57.6 Å². The van der Waals surface area contributed by atoms with Crippen molar-refractivity contribution in [2.24, 2.45) is 5.11 Å². The van der Waals surface area contributed by atoms with Gasteiger partial charge in [-0.1, -0.05) is 30.1 Å². The molecule has 1 aromatic heterocycles. The Morgan fingerprint density at radius 3 is 2.70 bits per heavy atom. The molecule has 40 heavy (non-hydrogen) atoms. The molecule has 1 unspecified atom stereocenters. The molecule has 3 rings (SSSR count). The Hall–Kier alpha value is -3.16. The Balaban J connectivity index is 1.85. The predicted molar refractivity (Wildman–Crippen MR) is 143 cm³/mol. The second-order valence-corrected chi connectivity index (χ2v) is 11.2. The Morgan fingerprint density at radius 1 is 1.38 bits per heavy atom. The number of aliphatic hydroxyl groups is 1. The lowest BCUT2D eigenvalue weighted by molar-refractivity contribution is -0.145. The van der Waals surface area contributed by atoms with E-state index in [9.17, 15) is 24.1 Å². The number of benzene rings is 1. The van der Waals surface area contributed by atoms with Gasteiger partial charge in [0.15, 0.2) is 6.23 Å². The summed E-state index contributed by atoms with van der Waals surface area (Å²) in [6.07, 6.45) is -1.65. The summed E-state index contributed by atoms with van der Waals surface area (Å²) in [6.45, 7) is 4.27. The molecule has 1 aliphatic heterocycles. The third-order valence-electron chi connectivity index (χ3n) is 6.01. The largest absolute Gasteiger partial charge is 0.465 e. The third-order valence-corrected chi connectivity index (χ3v) is 7.91. The van der Waals surface area contributed by atoms with Crippen LogP contribution in [0.2, 0.25) is 5.02 Å². The van der Waals surface area contributed by atoms with Crippen LogP contribution in [0.15, 0.2) is 51.2 Å². The lowest BCUT2D eigenvalue weighted by atomic mass is 9.93. The molecular formula is C23H30ClN6O9P. The number of halogens is 1. The fourth-order valence-electron chi connectivity index (χ4n) is 3.82. The van der Waals surface area contributed by atoms with Gasteiger partial charge in [-0.2, -0.15) is 5.09 Å². The smallest absolute Gasteiger partial charge is 0.459 e. The molecule has 218 valence electrons. The van der Waals surface area contributed by atoms with Gasteiger partial charge in [0.25, 0.3) is 5.56 Å². The molecule has 17 heteroatoms. The average Bonchev–Trinajstić information content (AvgIpc) is 3.14. The number of ether oxygens (including phenoxy) is 2. The zero-order valence-corrected chi connectivity index (χ0v) is 23.6. The zero-order chi connectivity index (χ0) is 29.5. The Morgan fingerprint density at radius 2 is 2.08 bits per heavy atom. The number of nitrogens with one attached hydrogen (secondary N) is 2. The van der Waals surface area contributed by atoms with Crippen molar-refractivity contribution >= 4 is 25.3 Å². The molecule has 1 fully saturated rings. The van der Waals surface area contributed by atoms with E-state index in [-0.39, 0.29) is 12.4 Å². The van der Waals surface area contributed by atoms with Gasteiger partial charge in [-0.25, -0.2) is 9.36 Å². The van der Waals surface area contributed by atoms with Crippen molar-refractivity contribution in [3.63, 3.8) is 0 Å². The summed E-state index contributed by atoms with van der Waals surface area (Å²) >= 11 is 5.91. The first-order valence-corrected chi connectivity index (χ1v) is 14.2. The molecule has 0 bridgehead atoms.